The SMILES string of the molecule is CCOc1c(OC(C)=O)c(=O)n(CC)c2cc([N+](=O)[O-])ccc12. The van der Waals surface area contributed by atoms with Gasteiger partial charge in [0.25, 0.3) is 11.2 Å². The first kappa shape index (κ1) is 16.5. The first-order valence-corrected chi connectivity index (χ1v) is 7.06. The number of carbonyl (C=O) groups excluding carboxylic acids is 1. The highest BCUT2D eigenvalue weighted by atomic mass is 16.6. The lowest BCUT2D eigenvalue weighted by molar-refractivity contribution is -0.384. The van der Waals surface area contributed by atoms with Gasteiger partial charge in [-0.1, -0.05) is 0 Å². The Hall–Kier alpha value is -2.90. The molecule has 2 rings (SSSR count). The van der Waals surface area contributed by atoms with Crippen molar-refractivity contribution in [3.8, 4) is 11.5 Å². The summed E-state index contributed by atoms with van der Waals surface area (Å²) in [6, 6.07) is 4.10. The average Bonchev–Trinajstić information content (AvgIpc) is 2.50. The predicted octanol–water partition coefficient (Wildman–Crippen LogP) is 2.25. The number of benzene rings is 1. The standard InChI is InChI=1S/C15H16N2O6/c1-4-16-12-8-10(17(20)21)6-7-11(12)13(22-5-2)14(15(16)19)23-9(3)18/h6-8H,4-5H2,1-3H3. The molecule has 0 unspecified atom stereocenters. The van der Waals surface area contributed by atoms with Crippen LogP contribution >= 0.6 is 0 Å². The summed E-state index contributed by atoms with van der Waals surface area (Å²) in [6.45, 7) is 5.14. The van der Waals surface area contributed by atoms with Crippen LogP contribution in [-0.2, 0) is 11.3 Å². The normalized spacial score (nSPS) is 10.6. The van der Waals surface area contributed by atoms with E-state index in [1.807, 2.05) is 0 Å². The zero-order valence-electron chi connectivity index (χ0n) is 13.0. The molecule has 0 aliphatic heterocycles. The smallest absolute Gasteiger partial charge is 0.308 e. The number of ether oxygens (including phenoxy) is 2. The summed E-state index contributed by atoms with van der Waals surface area (Å²) in [5.74, 6) is -0.739. The van der Waals surface area contributed by atoms with Crippen LogP contribution in [-0.4, -0.2) is 22.1 Å². The fourth-order valence-electron chi connectivity index (χ4n) is 2.34. The molecule has 0 N–H and O–H groups in total. The van der Waals surface area contributed by atoms with E-state index in [0.717, 1.165) is 0 Å². The highest BCUT2D eigenvalue weighted by Gasteiger charge is 2.22. The summed E-state index contributed by atoms with van der Waals surface area (Å²) in [4.78, 5) is 34.3. The van der Waals surface area contributed by atoms with E-state index in [9.17, 15) is 19.7 Å². The van der Waals surface area contributed by atoms with E-state index in [0.29, 0.717) is 10.9 Å². The van der Waals surface area contributed by atoms with Gasteiger partial charge in [0.15, 0.2) is 5.75 Å². The molecular formula is C15H16N2O6. The van der Waals surface area contributed by atoms with Crippen molar-refractivity contribution in [3.63, 3.8) is 0 Å². The fourth-order valence-corrected chi connectivity index (χ4v) is 2.34. The Balaban J connectivity index is 2.91. The molecule has 0 radical (unpaired) electrons. The Morgan fingerprint density at radius 2 is 2.00 bits per heavy atom. The summed E-state index contributed by atoms with van der Waals surface area (Å²) >= 11 is 0. The third kappa shape index (κ3) is 3.01. The summed E-state index contributed by atoms with van der Waals surface area (Å²) < 4.78 is 11.8. The molecule has 8 heteroatoms. The van der Waals surface area contributed by atoms with Crippen molar-refractivity contribution in [2.45, 2.75) is 27.3 Å². The minimum absolute atomic E-state index is 0.113. The lowest BCUT2D eigenvalue weighted by Crippen LogP contribution is -2.24. The molecule has 1 heterocycles. The van der Waals surface area contributed by atoms with E-state index in [2.05, 4.69) is 0 Å². The van der Waals surface area contributed by atoms with Crippen molar-refractivity contribution in [3.05, 3.63) is 38.7 Å². The number of nitrogens with zero attached hydrogens (tertiary/aromatic N) is 2. The van der Waals surface area contributed by atoms with E-state index >= 15 is 0 Å². The van der Waals surface area contributed by atoms with Gasteiger partial charge in [-0.25, -0.2) is 0 Å². The Bertz CT molecular complexity index is 840. The van der Waals surface area contributed by atoms with Crippen molar-refractivity contribution < 1.29 is 19.2 Å². The second kappa shape index (κ2) is 6.47. The molecule has 0 saturated heterocycles. The molecule has 2 aromatic rings. The minimum atomic E-state index is -0.646. The molecule has 1 aromatic heterocycles. The molecule has 0 saturated carbocycles. The molecular weight excluding hydrogens is 304 g/mol. The van der Waals surface area contributed by atoms with E-state index in [-0.39, 0.29) is 30.3 Å². The van der Waals surface area contributed by atoms with Crippen LogP contribution in [0.15, 0.2) is 23.0 Å². The van der Waals surface area contributed by atoms with Crippen LogP contribution in [0, 0.1) is 10.1 Å². The van der Waals surface area contributed by atoms with Gasteiger partial charge < -0.3 is 14.0 Å². The summed E-state index contributed by atoms with van der Waals surface area (Å²) in [5, 5.41) is 11.4. The Kier molecular flexibility index (Phi) is 4.63. The van der Waals surface area contributed by atoms with Gasteiger partial charge in [-0.3, -0.25) is 19.7 Å². The minimum Gasteiger partial charge on any atom is -0.489 e. The number of fused-ring (bicyclic) bond motifs is 1. The van der Waals surface area contributed by atoms with Crippen molar-refractivity contribution in [1.29, 1.82) is 0 Å². The fraction of sp³-hybridized carbons (Fsp3) is 0.333. The number of hydrogen-bond donors (Lipinski definition) is 0. The first-order valence-electron chi connectivity index (χ1n) is 7.06. The third-order valence-corrected chi connectivity index (χ3v) is 3.22. The number of pyridine rings is 1. The number of nitro benzene ring substituents is 1. The molecule has 0 bridgehead atoms. The zero-order chi connectivity index (χ0) is 17.1. The van der Waals surface area contributed by atoms with Crippen molar-refractivity contribution in [2.24, 2.45) is 0 Å². The maximum Gasteiger partial charge on any atom is 0.308 e. The van der Waals surface area contributed by atoms with Crippen LogP contribution in [0.5, 0.6) is 11.5 Å². The maximum absolute atomic E-state index is 12.6. The van der Waals surface area contributed by atoms with Gasteiger partial charge in [0.2, 0.25) is 5.75 Å². The quantitative estimate of drug-likeness (QED) is 0.476. The van der Waals surface area contributed by atoms with E-state index in [4.69, 9.17) is 9.47 Å². The largest absolute Gasteiger partial charge is 0.489 e. The number of esters is 1. The van der Waals surface area contributed by atoms with E-state index in [1.165, 1.54) is 29.7 Å². The second-order valence-electron chi connectivity index (χ2n) is 4.69. The third-order valence-electron chi connectivity index (χ3n) is 3.22. The highest BCUT2D eigenvalue weighted by Crippen LogP contribution is 2.34. The molecule has 1 aromatic carbocycles. The number of aromatic nitrogens is 1. The van der Waals surface area contributed by atoms with Crippen molar-refractivity contribution >= 4 is 22.6 Å². The van der Waals surface area contributed by atoms with Gasteiger partial charge >= 0.3 is 5.97 Å². The number of hydrogen-bond acceptors (Lipinski definition) is 6. The van der Waals surface area contributed by atoms with Crippen LogP contribution in [0.4, 0.5) is 5.69 Å². The lowest BCUT2D eigenvalue weighted by atomic mass is 10.1. The van der Waals surface area contributed by atoms with Gasteiger partial charge in [0.05, 0.1) is 17.0 Å². The molecule has 122 valence electrons. The number of non-ortho nitro benzene ring substituents is 1. The van der Waals surface area contributed by atoms with Gasteiger partial charge in [-0.15, -0.1) is 0 Å². The molecule has 0 aliphatic rings. The summed E-state index contributed by atoms with van der Waals surface area (Å²) in [5.41, 5.74) is -0.355. The predicted molar refractivity (Wildman–Crippen MR) is 83.0 cm³/mol. The average molecular weight is 320 g/mol. The maximum atomic E-state index is 12.6. The first-order chi connectivity index (χ1) is 10.9. The van der Waals surface area contributed by atoms with Crippen molar-refractivity contribution in [2.75, 3.05) is 6.61 Å². The Morgan fingerprint density at radius 1 is 1.30 bits per heavy atom. The number of nitro groups is 1. The van der Waals surface area contributed by atoms with Gasteiger partial charge in [0, 0.05) is 31.0 Å². The van der Waals surface area contributed by atoms with E-state index < -0.39 is 16.5 Å². The molecule has 0 spiro atoms. The second-order valence-corrected chi connectivity index (χ2v) is 4.69. The van der Waals surface area contributed by atoms with E-state index in [1.54, 1.807) is 13.8 Å². The number of rotatable bonds is 5. The number of aryl methyl sites for hydroxylation is 1. The van der Waals surface area contributed by atoms with Crippen LogP contribution in [0.2, 0.25) is 0 Å². The highest BCUT2D eigenvalue weighted by molar-refractivity contribution is 5.90. The molecule has 8 nitrogen and oxygen atoms in total. The topological polar surface area (TPSA) is 101 Å². The molecule has 0 amide bonds. The van der Waals surface area contributed by atoms with Crippen LogP contribution < -0.4 is 15.0 Å². The molecule has 0 aliphatic carbocycles. The van der Waals surface area contributed by atoms with Crippen molar-refractivity contribution in [1.82, 2.24) is 4.57 Å². The molecule has 23 heavy (non-hydrogen) atoms. The van der Waals surface area contributed by atoms with Gasteiger partial charge in [-0.2, -0.15) is 0 Å². The summed E-state index contributed by atoms with van der Waals surface area (Å²) in [7, 11) is 0. The summed E-state index contributed by atoms with van der Waals surface area (Å²) in [6.07, 6.45) is 0. The van der Waals surface area contributed by atoms with Gasteiger partial charge in [-0.05, 0) is 19.9 Å². The zero-order valence-corrected chi connectivity index (χ0v) is 13.0. The van der Waals surface area contributed by atoms with Crippen LogP contribution in [0.3, 0.4) is 0 Å². The Labute approximate surface area is 131 Å². The molecule has 0 atom stereocenters. The lowest BCUT2D eigenvalue weighted by Gasteiger charge is -2.16. The van der Waals surface area contributed by atoms with Gasteiger partial charge in [0.1, 0.15) is 0 Å². The van der Waals surface area contributed by atoms with Crippen LogP contribution in [0.25, 0.3) is 10.9 Å². The molecule has 0 fully saturated rings. The number of carbonyl (C=O) groups is 1. The van der Waals surface area contributed by atoms with Crippen LogP contribution in [0.1, 0.15) is 20.8 Å². The Morgan fingerprint density at radius 3 is 2.52 bits per heavy atom. The monoisotopic (exact) mass is 320 g/mol.